The fourth-order valence-electron chi connectivity index (χ4n) is 2.70. The molecule has 0 bridgehead atoms. The minimum Gasteiger partial charge on any atom is -0.356 e. The Bertz CT molecular complexity index is 775. The molecular weight excluding hydrogens is 290 g/mol. The van der Waals surface area contributed by atoms with Gasteiger partial charge in [0.2, 0.25) is 5.91 Å². The Morgan fingerprint density at radius 2 is 2.22 bits per heavy atom. The zero-order valence-corrected chi connectivity index (χ0v) is 13.3. The Hall–Kier alpha value is -2.63. The summed E-state index contributed by atoms with van der Waals surface area (Å²) < 4.78 is 3.92. The van der Waals surface area contributed by atoms with Crippen molar-refractivity contribution in [3.63, 3.8) is 0 Å². The van der Waals surface area contributed by atoms with Gasteiger partial charge < -0.3 is 9.88 Å². The molecule has 0 saturated heterocycles. The van der Waals surface area contributed by atoms with E-state index < -0.39 is 0 Å². The third kappa shape index (κ3) is 3.77. The molecule has 3 rings (SSSR count). The van der Waals surface area contributed by atoms with Crippen LogP contribution in [0.25, 0.3) is 10.9 Å². The van der Waals surface area contributed by atoms with Crippen LogP contribution in [0.5, 0.6) is 0 Å². The second-order valence-electron chi connectivity index (χ2n) is 5.63. The van der Waals surface area contributed by atoms with Crippen LogP contribution in [0.2, 0.25) is 0 Å². The van der Waals surface area contributed by atoms with E-state index in [-0.39, 0.29) is 5.91 Å². The highest BCUT2D eigenvalue weighted by Crippen LogP contribution is 2.17. The van der Waals surface area contributed by atoms with Crippen LogP contribution in [-0.2, 0) is 17.9 Å². The average molecular weight is 311 g/mol. The number of nitrogens with one attached hydrogen (secondary N) is 1. The van der Waals surface area contributed by atoms with E-state index in [1.54, 1.807) is 12.5 Å². The molecule has 0 radical (unpaired) electrons. The average Bonchev–Trinajstić information content (AvgIpc) is 3.20. The number of aryl methyl sites for hydroxylation is 3. The smallest absolute Gasteiger partial charge is 0.221 e. The fraction of sp³-hybridized carbons (Fsp3) is 0.353. The lowest BCUT2D eigenvalue weighted by Crippen LogP contribution is -2.26. The topological polar surface area (TPSA) is 64.7 Å². The van der Waals surface area contributed by atoms with E-state index >= 15 is 0 Å². The number of rotatable bonds is 7. The molecule has 6 nitrogen and oxygen atoms in total. The van der Waals surface area contributed by atoms with Crippen LogP contribution in [0.15, 0.2) is 43.1 Å². The molecule has 0 atom stereocenters. The number of imidazole rings is 1. The molecular formula is C17H21N5O. The molecule has 0 aliphatic heterocycles. The lowest BCUT2D eigenvalue weighted by molar-refractivity contribution is -0.121. The first kappa shape index (κ1) is 15.3. The summed E-state index contributed by atoms with van der Waals surface area (Å²) in [6.45, 7) is 4.21. The first-order chi connectivity index (χ1) is 11.2. The molecule has 1 N–H and O–H groups in total. The van der Waals surface area contributed by atoms with Crippen molar-refractivity contribution in [2.75, 3.05) is 6.54 Å². The van der Waals surface area contributed by atoms with Crippen LogP contribution in [-0.4, -0.2) is 31.8 Å². The molecule has 6 heteroatoms. The minimum atomic E-state index is 0.0628. The molecule has 0 spiro atoms. The Labute approximate surface area is 135 Å². The van der Waals surface area contributed by atoms with Crippen molar-refractivity contribution < 1.29 is 4.79 Å². The van der Waals surface area contributed by atoms with Crippen LogP contribution >= 0.6 is 0 Å². The number of para-hydroxylation sites is 1. The normalized spacial score (nSPS) is 11.0. The van der Waals surface area contributed by atoms with Gasteiger partial charge in [-0.1, -0.05) is 18.2 Å². The summed E-state index contributed by atoms with van der Waals surface area (Å²) in [5.41, 5.74) is 2.29. The molecule has 0 unspecified atom stereocenters. The number of aromatic nitrogens is 4. The molecule has 1 aromatic carbocycles. The van der Waals surface area contributed by atoms with Crippen LogP contribution in [0.1, 0.15) is 18.4 Å². The number of fused-ring (bicyclic) bond motifs is 1. The van der Waals surface area contributed by atoms with E-state index in [2.05, 4.69) is 28.4 Å². The van der Waals surface area contributed by atoms with Crippen LogP contribution in [0.3, 0.4) is 0 Å². The number of hydrogen-bond acceptors (Lipinski definition) is 3. The Kier molecular flexibility index (Phi) is 4.71. The zero-order chi connectivity index (χ0) is 16.1. The molecule has 0 aliphatic rings. The molecule has 0 aliphatic carbocycles. The first-order valence-electron chi connectivity index (χ1n) is 7.87. The highest BCUT2D eigenvalue weighted by atomic mass is 16.1. The highest BCUT2D eigenvalue weighted by Gasteiger charge is 2.07. The van der Waals surface area contributed by atoms with E-state index in [0.717, 1.165) is 23.9 Å². The van der Waals surface area contributed by atoms with Gasteiger partial charge in [-0.05, 0) is 18.9 Å². The maximum atomic E-state index is 11.9. The lowest BCUT2D eigenvalue weighted by Gasteiger charge is -2.07. The van der Waals surface area contributed by atoms with Crippen molar-refractivity contribution >= 4 is 16.8 Å². The van der Waals surface area contributed by atoms with Gasteiger partial charge in [0, 0.05) is 37.3 Å². The van der Waals surface area contributed by atoms with E-state index in [9.17, 15) is 4.79 Å². The summed E-state index contributed by atoms with van der Waals surface area (Å²) in [7, 11) is 0. The summed E-state index contributed by atoms with van der Waals surface area (Å²) in [5, 5.41) is 8.46. The second kappa shape index (κ2) is 7.09. The maximum absolute atomic E-state index is 11.9. The Morgan fingerprint density at radius 1 is 1.30 bits per heavy atom. The molecule has 0 saturated carbocycles. The SMILES string of the molecule is Cc1cccc2cnn(CCC(=O)NCCCn3ccnc3)c12. The Balaban J connectivity index is 1.45. The van der Waals surface area contributed by atoms with Crippen molar-refractivity contribution in [3.05, 3.63) is 48.7 Å². The number of benzene rings is 1. The van der Waals surface area contributed by atoms with Gasteiger partial charge in [0.15, 0.2) is 0 Å². The zero-order valence-electron chi connectivity index (χ0n) is 13.3. The van der Waals surface area contributed by atoms with Gasteiger partial charge in [0.25, 0.3) is 0 Å². The van der Waals surface area contributed by atoms with Crippen molar-refractivity contribution in [3.8, 4) is 0 Å². The quantitative estimate of drug-likeness (QED) is 0.680. The van der Waals surface area contributed by atoms with Gasteiger partial charge in [0.1, 0.15) is 0 Å². The number of hydrogen-bond donors (Lipinski definition) is 1. The van der Waals surface area contributed by atoms with E-state index in [1.807, 2.05) is 33.8 Å². The third-order valence-electron chi connectivity index (χ3n) is 3.89. The van der Waals surface area contributed by atoms with Crippen LogP contribution < -0.4 is 5.32 Å². The molecule has 3 aromatic rings. The number of carbonyl (C=O) groups excluding carboxylic acids is 1. The van der Waals surface area contributed by atoms with Gasteiger partial charge in [-0.3, -0.25) is 9.48 Å². The summed E-state index contributed by atoms with van der Waals surface area (Å²) in [6.07, 6.45) is 8.66. The van der Waals surface area contributed by atoms with Crippen LogP contribution in [0, 0.1) is 6.92 Å². The standard InChI is InChI=1S/C17H21N5O/c1-14-4-2-5-15-12-20-22(17(14)15)10-6-16(23)19-7-3-9-21-11-8-18-13-21/h2,4-5,8,11-13H,3,6-7,9-10H2,1H3,(H,19,23). The predicted octanol–water partition coefficient (Wildman–Crippen LogP) is 2.14. The number of carbonyl (C=O) groups is 1. The monoisotopic (exact) mass is 311 g/mol. The van der Waals surface area contributed by atoms with Gasteiger partial charge in [0.05, 0.1) is 24.6 Å². The Morgan fingerprint density at radius 3 is 3.04 bits per heavy atom. The van der Waals surface area contributed by atoms with Crippen molar-refractivity contribution in [1.29, 1.82) is 0 Å². The van der Waals surface area contributed by atoms with E-state index in [1.165, 1.54) is 5.56 Å². The van der Waals surface area contributed by atoms with E-state index in [4.69, 9.17) is 0 Å². The number of amides is 1. The highest BCUT2D eigenvalue weighted by molar-refractivity contribution is 5.82. The number of nitrogens with zero attached hydrogens (tertiary/aromatic N) is 4. The van der Waals surface area contributed by atoms with Crippen LogP contribution in [0.4, 0.5) is 0 Å². The maximum Gasteiger partial charge on any atom is 0.221 e. The lowest BCUT2D eigenvalue weighted by atomic mass is 10.2. The molecule has 2 aromatic heterocycles. The van der Waals surface area contributed by atoms with Gasteiger partial charge in [-0.15, -0.1) is 0 Å². The van der Waals surface area contributed by atoms with Crippen molar-refractivity contribution in [1.82, 2.24) is 24.6 Å². The van der Waals surface area contributed by atoms with E-state index in [0.29, 0.717) is 19.5 Å². The fourth-order valence-corrected chi connectivity index (χ4v) is 2.70. The van der Waals surface area contributed by atoms with Gasteiger partial charge in [-0.2, -0.15) is 5.10 Å². The first-order valence-corrected chi connectivity index (χ1v) is 7.87. The largest absolute Gasteiger partial charge is 0.356 e. The third-order valence-corrected chi connectivity index (χ3v) is 3.89. The second-order valence-corrected chi connectivity index (χ2v) is 5.63. The molecule has 2 heterocycles. The summed E-state index contributed by atoms with van der Waals surface area (Å²) in [4.78, 5) is 15.9. The van der Waals surface area contributed by atoms with Crippen molar-refractivity contribution in [2.24, 2.45) is 0 Å². The summed E-state index contributed by atoms with van der Waals surface area (Å²) in [6, 6.07) is 6.13. The minimum absolute atomic E-state index is 0.0628. The summed E-state index contributed by atoms with van der Waals surface area (Å²) >= 11 is 0. The van der Waals surface area contributed by atoms with Crippen molar-refractivity contribution in [2.45, 2.75) is 32.9 Å². The predicted molar refractivity (Wildman–Crippen MR) is 88.9 cm³/mol. The van der Waals surface area contributed by atoms with Gasteiger partial charge in [-0.25, -0.2) is 4.98 Å². The van der Waals surface area contributed by atoms with Gasteiger partial charge >= 0.3 is 0 Å². The molecule has 1 amide bonds. The molecule has 23 heavy (non-hydrogen) atoms. The molecule has 120 valence electrons. The molecule has 0 fully saturated rings. The summed E-state index contributed by atoms with van der Waals surface area (Å²) in [5.74, 6) is 0.0628.